The van der Waals surface area contributed by atoms with Gasteiger partial charge in [0.25, 0.3) is 0 Å². The average molecular weight is 414 g/mol. The Hall–Kier alpha value is -1.40. The quantitative estimate of drug-likeness (QED) is 0.662. The maximum atomic E-state index is 13.9. The van der Waals surface area contributed by atoms with Gasteiger partial charge in [-0.2, -0.15) is 0 Å². The summed E-state index contributed by atoms with van der Waals surface area (Å²) in [6.45, 7) is 1.41. The Labute approximate surface area is 167 Å². The zero-order valence-electron chi connectivity index (χ0n) is 13.9. The van der Waals surface area contributed by atoms with Gasteiger partial charge in [0.1, 0.15) is 23.2 Å². The van der Waals surface area contributed by atoms with Gasteiger partial charge in [-0.25, -0.2) is 4.39 Å². The van der Waals surface area contributed by atoms with E-state index >= 15 is 0 Å². The minimum atomic E-state index is -0.410. The highest BCUT2D eigenvalue weighted by Crippen LogP contribution is 2.26. The van der Waals surface area contributed by atoms with Crippen LogP contribution in [0.15, 0.2) is 36.4 Å². The molecule has 1 aliphatic rings. The number of rotatable bonds is 6. The summed E-state index contributed by atoms with van der Waals surface area (Å²) in [5, 5.41) is 4.06. The molecule has 3 nitrogen and oxygen atoms in total. The van der Waals surface area contributed by atoms with Crippen LogP contribution in [-0.4, -0.2) is 24.2 Å². The molecule has 0 unspecified atom stereocenters. The number of ether oxygens (including phenoxy) is 2. The van der Waals surface area contributed by atoms with Gasteiger partial charge in [0.05, 0.1) is 16.7 Å². The van der Waals surface area contributed by atoms with E-state index in [1.54, 1.807) is 30.3 Å². The highest BCUT2D eigenvalue weighted by atomic mass is 35.5. The molecular formula is C19H18Cl2FNO2S. The van der Waals surface area contributed by atoms with E-state index in [4.69, 9.17) is 44.9 Å². The van der Waals surface area contributed by atoms with Crippen LogP contribution < -0.4 is 10.1 Å². The van der Waals surface area contributed by atoms with Crippen LogP contribution in [-0.2, 0) is 11.3 Å². The molecule has 0 spiro atoms. The molecule has 0 amide bonds. The summed E-state index contributed by atoms with van der Waals surface area (Å²) in [7, 11) is 0. The third kappa shape index (κ3) is 4.86. The van der Waals surface area contributed by atoms with Gasteiger partial charge in [-0.1, -0.05) is 41.5 Å². The lowest BCUT2D eigenvalue weighted by Gasteiger charge is -2.16. The third-order valence-corrected chi connectivity index (χ3v) is 5.09. The summed E-state index contributed by atoms with van der Waals surface area (Å²) in [4.78, 5) is 0.512. The fraction of sp³-hybridized carbons (Fsp3) is 0.316. The van der Waals surface area contributed by atoms with E-state index < -0.39 is 5.82 Å². The van der Waals surface area contributed by atoms with Crippen LogP contribution in [0.4, 0.5) is 4.39 Å². The van der Waals surface area contributed by atoms with Crippen molar-refractivity contribution in [2.75, 3.05) is 13.2 Å². The van der Waals surface area contributed by atoms with Crippen molar-refractivity contribution < 1.29 is 13.9 Å². The molecule has 1 saturated heterocycles. The zero-order valence-corrected chi connectivity index (χ0v) is 16.3. The van der Waals surface area contributed by atoms with E-state index in [2.05, 4.69) is 5.32 Å². The molecule has 3 rings (SSSR count). The number of thiocarbonyl (C=S) groups is 1. The lowest BCUT2D eigenvalue weighted by molar-refractivity contribution is 0.114. The first kappa shape index (κ1) is 19.4. The molecular weight excluding hydrogens is 396 g/mol. The Morgan fingerprint density at radius 2 is 2.15 bits per heavy atom. The van der Waals surface area contributed by atoms with E-state index in [0.29, 0.717) is 38.5 Å². The fourth-order valence-electron chi connectivity index (χ4n) is 2.73. The summed E-state index contributed by atoms with van der Waals surface area (Å²) in [5.41, 5.74) is 0.950. The van der Waals surface area contributed by atoms with Crippen molar-refractivity contribution in [1.82, 2.24) is 5.32 Å². The van der Waals surface area contributed by atoms with Crippen molar-refractivity contribution in [3.05, 3.63) is 63.4 Å². The van der Waals surface area contributed by atoms with E-state index in [-0.39, 0.29) is 12.7 Å². The normalized spacial score (nSPS) is 16.5. The monoisotopic (exact) mass is 413 g/mol. The van der Waals surface area contributed by atoms with Crippen molar-refractivity contribution in [3.63, 3.8) is 0 Å². The highest BCUT2D eigenvalue weighted by Gasteiger charge is 2.17. The molecule has 138 valence electrons. The van der Waals surface area contributed by atoms with Crippen molar-refractivity contribution in [3.8, 4) is 5.75 Å². The van der Waals surface area contributed by atoms with E-state index in [1.807, 2.05) is 0 Å². The second-order valence-electron chi connectivity index (χ2n) is 5.97. The zero-order chi connectivity index (χ0) is 18.5. The summed E-state index contributed by atoms with van der Waals surface area (Å²) in [5.74, 6) is 0.102. The average Bonchev–Trinajstić information content (AvgIpc) is 3.14. The first-order valence-electron chi connectivity index (χ1n) is 8.29. The standard InChI is InChI=1S/C19H18Cl2FNO2S/c20-12-6-7-18(25-11-15-16(21)4-1-5-17(15)22)14(9-12)19(26)23-10-13-3-2-8-24-13/h1,4-7,9,13H,2-3,8,10-11H2,(H,23,26)/t13-/m0/s1. The van der Waals surface area contributed by atoms with Crippen molar-refractivity contribution in [1.29, 1.82) is 0 Å². The van der Waals surface area contributed by atoms with Crippen molar-refractivity contribution >= 4 is 40.4 Å². The second kappa shape index (κ2) is 9.00. The second-order valence-corrected chi connectivity index (χ2v) is 7.23. The summed E-state index contributed by atoms with van der Waals surface area (Å²) < 4.78 is 25.3. The van der Waals surface area contributed by atoms with Crippen molar-refractivity contribution in [2.45, 2.75) is 25.6 Å². The molecule has 0 aromatic heterocycles. The topological polar surface area (TPSA) is 30.5 Å². The van der Waals surface area contributed by atoms with Crippen LogP contribution in [0.3, 0.4) is 0 Å². The molecule has 2 aromatic carbocycles. The number of benzene rings is 2. The molecule has 0 saturated carbocycles. The van der Waals surface area contributed by atoms with Gasteiger partial charge in [-0.15, -0.1) is 0 Å². The SMILES string of the molecule is Fc1cccc(Cl)c1COc1ccc(Cl)cc1C(=S)NC[C@@H]1CCCO1. The van der Waals surface area contributed by atoms with Crippen LogP contribution in [0.2, 0.25) is 10.0 Å². The molecule has 1 heterocycles. The summed E-state index contributed by atoms with van der Waals surface area (Å²) >= 11 is 17.6. The van der Waals surface area contributed by atoms with Crippen LogP contribution in [0.25, 0.3) is 0 Å². The number of hydrogen-bond donors (Lipinski definition) is 1. The van der Waals surface area contributed by atoms with E-state index in [0.717, 1.165) is 19.4 Å². The van der Waals surface area contributed by atoms with Gasteiger partial charge in [0.2, 0.25) is 0 Å². The number of nitrogens with one attached hydrogen (secondary N) is 1. The molecule has 1 fully saturated rings. The Morgan fingerprint density at radius 3 is 2.88 bits per heavy atom. The van der Waals surface area contributed by atoms with Crippen LogP contribution >= 0.6 is 35.4 Å². The Bertz CT molecular complexity index is 777. The van der Waals surface area contributed by atoms with Gasteiger partial charge in [-0.05, 0) is 43.2 Å². The van der Waals surface area contributed by atoms with E-state index in [1.165, 1.54) is 6.07 Å². The molecule has 0 bridgehead atoms. The van der Waals surface area contributed by atoms with Gasteiger partial charge in [0, 0.05) is 23.7 Å². The first-order valence-corrected chi connectivity index (χ1v) is 9.46. The van der Waals surface area contributed by atoms with E-state index in [9.17, 15) is 4.39 Å². The molecule has 2 aromatic rings. The largest absolute Gasteiger partial charge is 0.488 e. The lowest BCUT2D eigenvalue weighted by Crippen LogP contribution is -2.31. The Kier molecular flexibility index (Phi) is 6.70. The maximum absolute atomic E-state index is 13.9. The maximum Gasteiger partial charge on any atom is 0.131 e. The molecule has 7 heteroatoms. The first-order chi connectivity index (χ1) is 12.5. The number of halogens is 3. The predicted molar refractivity (Wildman–Crippen MR) is 106 cm³/mol. The highest BCUT2D eigenvalue weighted by molar-refractivity contribution is 7.80. The number of hydrogen-bond acceptors (Lipinski definition) is 3. The predicted octanol–water partition coefficient (Wildman–Crippen LogP) is 5.16. The molecule has 1 aliphatic heterocycles. The third-order valence-electron chi connectivity index (χ3n) is 4.13. The van der Waals surface area contributed by atoms with Gasteiger partial charge < -0.3 is 14.8 Å². The van der Waals surface area contributed by atoms with Gasteiger partial charge in [-0.3, -0.25) is 0 Å². The summed E-state index contributed by atoms with van der Waals surface area (Å²) in [6.07, 6.45) is 2.24. The smallest absolute Gasteiger partial charge is 0.131 e. The fourth-order valence-corrected chi connectivity index (χ4v) is 3.37. The minimum Gasteiger partial charge on any atom is -0.488 e. The minimum absolute atomic E-state index is 0.00547. The molecule has 0 radical (unpaired) electrons. The molecule has 26 heavy (non-hydrogen) atoms. The Balaban J connectivity index is 1.71. The molecule has 1 N–H and O–H groups in total. The lowest BCUT2D eigenvalue weighted by atomic mass is 10.1. The van der Waals surface area contributed by atoms with Crippen LogP contribution in [0.5, 0.6) is 5.75 Å². The van der Waals surface area contributed by atoms with Gasteiger partial charge >= 0.3 is 0 Å². The van der Waals surface area contributed by atoms with Gasteiger partial charge in [0.15, 0.2) is 0 Å². The molecule has 0 aliphatic carbocycles. The molecule has 1 atom stereocenters. The van der Waals surface area contributed by atoms with Crippen LogP contribution in [0.1, 0.15) is 24.0 Å². The van der Waals surface area contributed by atoms with Crippen molar-refractivity contribution in [2.24, 2.45) is 0 Å². The van der Waals surface area contributed by atoms with Crippen LogP contribution in [0, 0.1) is 5.82 Å². The Morgan fingerprint density at radius 1 is 1.31 bits per heavy atom. The summed E-state index contributed by atoms with van der Waals surface area (Å²) in [6, 6.07) is 9.67.